The van der Waals surface area contributed by atoms with Crippen LogP contribution in [0.1, 0.15) is 17.3 Å². The zero-order valence-electron chi connectivity index (χ0n) is 16.2. The lowest BCUT2D eigenvalue weighted by atomic mass is 10.1. The van der Waals surface area contributed by atoms with Crippen LogP contribution in [0.25, 0.3) is 0 Å². The van der Waals surface area contributed by atoms with E-state index in [4.69, 9.17) is 9.47 Å². The Morgan fingerprint density at radius 1 is 0.897 bits per heavy atom. The zero-order chi connectivity index (χ0) is 20.4. The van der Waals surface area contributed by atoms with Crippen molar-refractivity contribution in [2.24, 2.45) is 0 Å². The van der Waals surface area contributed by atoms with Gasteiger partial charge in [0, 0.05) is 6.54 Å². The normalized spacial score (nSPS) is 17.8. The summed E-state index contributed by atoms with van der Waals surface area (Å²) in [6.07, 6.45) is -0.588. The maximum Gasteiger partial charge on any atom is 0.247 e. The van der Waals surface area contributed by atoms with Gasteiger partial charge in [-0.2, -0.15) is 4.31 Å². The average Bonchev–Trinajstić information content (AvgIpc) is 2.76. The lowest BCUT2D eigenvalue weighted by Gasteiger charge is -2.37. The smallest absolute Gasteiger partial charge is 0.247 e. The SMILES string of the molecule is COc1ccc(C2Nc3ccccc3S(=O)(=O)N2Cc2ccccc2)cc1OC. The van der Waals surface area contributed by atoms with Crippen LogP contribution in [0.3, 0.4) is 0 Å². The molecule has 0 spiro atoms. The monoisotopic (exact) mass is 410 g/mol. The summed E-state index contributed by atoms with van der Waals surface area (Å²) >= 11 is 0. The Labute approximate surface area is 170 Å². The summed E-state index contributed by atoms with van der Waals surface area (Å²) in [6.45, 7) is 0.240. The highest BCUT2D eigenvalue weighted by molar-refractivity contribution is 7.89. The van der Waals surface area contributed by atoms with Gasteiger partial charge in [-0.3, -0.25) is 0 Å². The average molecular weight is 410 g/mol. The third-order valence-electron chi connectivity index (χ3n) is 4.96. The molecular formula is C22H22N2O4S. The highest BCUT2D eigenvalue weighted by Crippen LogP contribution is 2.41. The number of ether oxygens (including phenoxy) is 2. The van der Waals surface area contributed by atoms with Crippen molar-refractivity contribution >= 4 is 15.7 Å². The number of anilines is 1. The van der Waals surface area contributed by atoms with Gasteiger partial charge in [-0.05, 0) is 35.4 Å². The lowest BCUT2D eigenvalue weighted by molar-refractivity contribution is 0.330. The van der Waals surface area contributed by atoms with E-state index in [9.17, 15) is 8.42 Å². The van der Waals surface area contributed by atoms with Crippen LogP contribution < -0.4 is 14.8 Å². The number of para-hydroxylation sites is 1. The zero-order valence-corrected chi connectivity index (χ0v) is 17.0. The van der Waals surface area contributed by atoms with Crippen molar-refractivity contribution in [2.75, 3.05) is 19.5 Å². The van der Waals surface area contributed by atoms with Gasteiger partial charge in [-0.25, -0.2) is 8.42 Å². The van der Waals surface area contributed by atoms with Gasteiger partial charge in [-0.1, -0.05) is 48.5 Å². The predicted octanol–water partition coefficient (Wildman–Crippen LogP) is 4.02. The van der Waals surface area contributed by atoms with E-state index < -0.39 is 16.2 Å². The second kappa shape index (κ2) is 7.77. The number of sulfonamides is 1. The maximum absolute atomic E-state index is 13.5. The number of nitrogens with zero attached hydrogens (tertiary/aromatic N) is 1. The molecule has 1 atom stereocenters. The van der Waals surface area contributed by atoms with Crippen molar-refractivity contribution < 1.29 is 17.9 Å². The molecule has 0 bridgehead atoms. The van der Waals surface area contributed by atoms with E-state index in [1.54, 1.807) is 44.6 Å². The van der Waals surface area contributed by atoms with E-state index in [1.807, 2.05) is 42.5 Å². The van der Waals surface area contributed by atoms with E-state index in [0.717, 1.165) is 11.1 Å². The Balaban J connectivity index is 1.84. The highest BCUT2D eigenvalue weighted by Gasteiger charge is 2.39. The molecule has 1 aliphatic heterocycles. The summed E-state index contributed by atoms with van der Waals surface area (Å²) in [5, 5.41) is 3.38. The lowest BCUT2D eigenvalue weighted by Crippen LogP contribution is -2.42. The Morgan fingerprint density at radius 3 is 2.31 bits per heavy atom. The van der Waals surface area contributed by atoms with Crippen LogP contribution in [0.15, 0.2) is 77.7 Å². The summed E-state index contributed by atoms with van der Waals surface area (Å²) in [6, 6.07) is 21.9. The Kier molecular flexibility index (Phi) is 5.17. The van der Waals surface area contributed by atoms with E-state index in [0.29, 0.717) is 17.2 Å². The number of rotatable bonds is 5. The van der Waals surface area contributed by atoms with Gasteiger partial charge in [0.05, 0.1) is 19.9 Å². The van der Waals surface area contributed by atoms with Crippen LogP contribution in [-0.4, -0.2) is 26.9 Å². The molecule has 1 N–H and O–H groups in total. The van der Waals surface area contributed by atoms with E-state index in [2.05, 4.69) is 5.32 Å². The van der Waals surface area contributed by atoms with E-state index >= 15 is 0 Å². The van der Waals surface area contributed by atoms with Gasteiger partial charge < -0.3 is 14.8 Å². The molecule has 0 saturated heterocycles. The quantitative estimate of drug-likeness (QED) is 0.688. The second-order valence-electron chi connectivity index (χ2n) is 6.69. The number of fused-ring (bicyclic) bond motifs is 1. The van der Waals surface area contributed by atoms with Crippen LogP contribution in [0.2, 0.25) is 0 Å². The molecule has 150 valence electrons. The van der Waals surface area contributed by atoms with Crippen molar-refractivity contribution in [2.45, 2.75) is 17.6 Å². The molecule has 6 nitrogen and oxygen atoms in total. The highest BCUT2D eigenvalue weighted by atomic mass is 32.2. The molecule has 1 heterocycles. The maximum atomic E-state index is 13.5. The molecule has 0 radical (unpaired) electrons. The number of benzene rings is 3. The fourth-order valence-electron chi connectivity index (χ4n) is 3.51. The Hall–Kier alpha value is -3.03. The molecular weight excluding hydrogens is 388 g/mol. The molecule has 4 rings (SSSR count). The van der Waals surface area contributed by atoms with Crippen LogP contribution in [0.4, 0.5) is 5.69 Å². The van der Waals surface area contributed by atoms with Gasteiger partial charge >= 0.3 is 0 Å². The predicted molar refractivity (Wildman–Crippen MR) is 112 cm³/mol. The molecule has 3 aromatic carbocycles. The molecule has 0 amide bonds. The first-order chi connectivity index (χ1) is 14.0. The van der Waals surface area contributed by atoms with Crippen molar-refractivity contribution in [1.82, 2.24) is 4.31 Å². The first-order valence-electron chi connectivity index (χ1n) is 9.18. The van der Waals surface area contributed by atoms with Crippen LogP contribution in [-0.2, 0) is 16.6 Å². The number of methoxy groups -OCH3 is 2. The summed E-state index contributed by atoms with van der Waals surface area (Å²) in [7, 11) is -0.587. The minimum Gasteiger partial charge on any atom is -0.493 e. The van der Waals surface area contributed by atoms with Gasteiger partial charge in [0.25, 0.3) is 0 Å². The topological polar surface area (TPSA) is 67.9 Å². The van der Waals surface area contributed by atoms with Gasteiger partial charge in [0.15, 0.2) is 11.5 Å². The Bertz CT molecular complexity index is 1120. The fourth-order valence-corrected chi connectivity index (χ4v) is 5.19. The molecule has 0 aliphatic carbocycles. The summed E-state index contributed by atoms with van der Waals surface area (Å²) in [5.41, 5.74) is 2.25. The minimum absolute atomic E-state index is 0.240. The molecule has 0 fully saturated rings. The van der Waals surface area contributed by atoms with Crippen LogP contribution in [0.5, 0.6) is 11.5 Å². The third-order valence-corrected chi connectivity index (χ3v) is 6.83. The fraction of sp³-hybridized carbons (Fsp3) is 0.182. The summed E-state index contributed by atoms with van der Waals surface area (Å²) in [5.74, 6) is 1.13. The van der Waals surface area contributed by atoms with Gasteiger partial charge in [0.2, 0.25) is 10.0 Å². The molecule has 0 aromatic heterocycles. The second-order valence-corrected chi connectivity index (χ2v) is 8.55. The van der Waals surface area contributed by atoms with E-state index in [1.165, 1.54) is 4.31 Å². The molecule has 1 unspecified atom stereocenters. The Morgan fingerprint density at radius 2 is 1.59 bits per heavy atom. The first kappa shape index (κ1) is 19.3. The van der Waals surface area contributed by atoms with Crippen molar-refractivity contribution in [3.8, 4) is 11.5 Å². The first-order valence-corrected chi connectivity index (χ1v) is 10.6. The minimum atomic E-state index is -3.71. The van der Waals surface area contributed by atoms with Gasteiger partial charge in [0.1, 0.15) is 11.1 Å². The van der Waals surface area contributed by atoms with Crippen LogP contribution >= 0.6 is 0 Å². The molecule has 1 aliphatic rings. The standard InChI is InChI=1S/C22H22N2O4S/c1-27-19-13-12-17(14-20(19)28-2)22-23-18-10-6-7-11-21(18)29(25,26)24(22)15-16-8-4-3-5-9-16/h3-14,22-23H,15H2,1-2H3. The number of nitrogens with one attached hydrogen (secondary N) is 1. The number of hydrogen-bond donors (Lipinski definition) is 1. The molecule has 7 heteroatoms. The van der Waals surface area contributed by atoms with E-state index in [-0.39, 0.29) is 11.4 Å². The summed E-state index contributed by atoms with van der Waals surface area (Å²) < 4.78 is 39.2. The number of hydrogen-bond acceptors (Lipinski definition) is 5. The van der Waals surface area contributed by atoms with Crippen molar-refractivity contribution in [3.63, 3.8) is 0 Å². The van der Waals surface area contributed by atoms with Gasteiger partial charge in [-0.15, -0.1) is 0 Å². The molecule has 29 heavy (non-hydrogen) atoms. The largest absolute Gasteiger partial charge is 0.493 e. The summed E-state index contributed by atoms with van der Waals surface area (Å²) in [4.78, 5) is 0.271. The van der Waals surface area contributed by atoms with Crippen molar-refractivity contribution in [1.29, 1.82) is 0 Å². The third kappa shape index (κ3) is 3.54. The molecule has 3 aromatic rings. The van der Waals surface area contributed by atoms with Crippen molar-refractivity contribution in [3.05, 3.63) is 83.9 Å². The van der Waals surface area contributed by atoms with Crippen LogP contribution in [0, 0.1) is 0 Å². The molecule has 0 saturated carbocycles.